The molecule has 0 aliphatic heterocycles. The molecule has 4 aromatic rings. The van der Waals surface area contributed by atoms with E-state index < -0.39 is 0 Å². The molecule has 0 aliphatic carbocycles. The van der Waals surface area contributed by atoms with Gasteiger partial charge in [0.25, 0.3) is 0 Å². The highest BCUT2D eigenvalue weighted by Gasteiger charge is 2.17. The predicted octanol–water partition coefficient (Wildman–Crippen LogP) is 5.16. The van der Waals surface area contributed by atoms with Gasteiger partial charge in [0.15, 0.2) is 0 Å². The number of carbonyl (C=O) groups excluding carboxylic acids is 1. The minimum atomic E-state index is -0.112. The third-order valence-corrected chi connectivity index (χ3v) is 4.34. The smallest absolute Gasteiger partial charge is 0.221 e. The van der Waals surface area contributed by atoms with E-state index in [1.54, 1.807) is 0 Å². The molecule has 1 amide bonds. The highest BCUT2D eigenvalue weighted by atomic mass is 16.1. The van der Waals surface area contributed by atoms with Gasteiger partial charge < -0.3 is 5.32 Å². The van der Waals surface area contributed by atoms with E-state index in [0.29, 0.717) is 0 Å². The standard InChI is InChI=1S/C23H19N3O/c1-17(27)25-21-14-8-9-15-22(21)26-23(19-12-6-3-7-13-19)20(16-24-26)18-10-4-2-5-11-18/h2-16H,1H3,(H,25,27). The van der Waals surface area contributed by atoms with Crippen LogP contribution in [0.2, 0.25) is 0 Å². The molecule has 27 heavy (non-hydrogen) atoms. The van der Waals surface area contributed by atoms with Crippen molar-refractivity contribution < 1.29 is 4.79 Å². The number of anilines is 1. The van der Waals surface area contributed by atoms with E-state index in [2.05, 4.69) is 34.7 Å². The van der Waals surface area contributed by atoms with E-state index in [9.17, 15) is 4.79 Å². The Morgan fingerprint density at radius 1 is 0.815 bits per heavy atom. The number of benzene rings is 3. The van der Waals surface area contributed by atoms with Gasteiger partial charge in [-0.25, -0.2) is 4.68 Å². The molecule has 0 saturated carbocycles. The SMILES string of the molecule is CC(=O)Nc1ccccc1-n1ncc(-c2ccccc2)c1-c1ccccc1. The number of para-hydroxylation sites is 2. The van der Waals surface area contributed by atoms with Crippen LogP contribution in [0.1, 0.15) is 6.92 Å². The van der Waals surface area contributed by atoms with Crippen molar-refractivity contribution in [3.8, 4) is 28.1 Å². The van der Waals surface area contributed by atoms with Crippen LogP contribution in [0.25, 0.3) is 28.1 Å². The predicted molar refractivity (Wildman–Crippen MR) is 109 cm³/mol. The fourth-order valence-corrected chi connectivity index (χ4v) is 3.19. The second-order valence-electron chi connectivity index (χ2n) is 6.25. The average Bonchev–Trinajstić information content (AvgIpc) is 3.14. The van der Waals surface area contributed by atoms with Crippen molar-refractivity contribution >= 4 is 11.6 Å². The van der Waals surface area contributed by atoms with Crippen molar-refractivity contribution in [2.45, 2.75) is 6.92 Å². The third-order valence-electron chi connectivity index (χ3n) is 4.34. The molecule has 0 aliphatic rings. The molecular formula is C23H19N3O. The van der Waals surface area contributed by atoms with Crippen LogP contribution in [-0.4, -0.2) is 15.7 Å². The lowest BCUT2D eigenvalue weighted by Crippen LogP contribution is -2.10. The lowest BCUT2D eigenvalue weighted by molar-refractivity contribution is -0.114. The number of amides is 1. The Kier molecular flexibility index (Phi) is 4.54. The van der Waals surface area contributed by atoms with Gasteiger partial charge in [-0.15, -0.1) is 0 Å². The Balaban J connectivity index is 1.96. The molecule has 132 valence electrons. The number of hydrogen-bond acceptors (Lipinski definition) is 2. The van der Waals surface area contributed by atoms with Crippen molar-refractivity contribution in [2.24, 2.45) is 0 Å². The van der Waals surface area contributed by atoms with Crippen LogP contribution in [0.3, 0.4) is 0 Å². The maximum Gasteiger partial charge on any atom is 0.221 e. The first kappa shape index (κ1) is 16.8. The zero-order chi connectivity index (χ0) is 18.6. The maximum absolute atomic E-state index is 11.6. The molecule has 1 aromatic heterocycles. The second kappa shape index (κ2) is 7.30. The topological polar surface area (TPSA) is 46.9 Å². The number of carbonyl (C=O) groups is 1. The molecule has 1 N–H and O–H groups in total. The summed E-state index contributed by atoms with van der Waals surface area (Å²) >= 11 is 0. The summed E-state index contributed by atoms with van der Waals surface area (Å²) in [6.07, 6.45) is 1.88. The van der Waals surface area contributed by atoms with Crippen LogP contribution < -0.4 is 5.32 Å². The van der Waals surface area contributed by atoms with Gasteiger partial charge in [0.2, 0.25) is 5.91 Å². The largest absolute Gasteiger partial charge is 0.324 e. The van der Waals surface area contributed by atoms with Gasteiger partial charge in [-0.2, -0.15) is 5.10 Å². The molecule has 0 radical (unpaired) electrons. The number of aromatic nitrogens is 2. The summed E-state index contributed by atoms with van der Waals surface area (Å²) in [7, 11) is 0. The summed E-state index contributed by atoms with van der Waals surface area (Å²) in [6, 6.07) is 28.1. The molecule has 4 rings (SSSR count). The molecule has 4 nitrogen and oxygen atoms in total. The minimum Gasteiger partial charge on any atom is -0.324 e. The van der Waals surface area contributed by atoms with Crippen LogP contribution in [0.4, 0.5) is 5.69 Å². The lowest BCUT2D eigenvalue weighted by atomic mass is 10.0. The molecule has 0 fully saturated rings. The van der Waals surface area contributed by atoms with Gasteiger partial charge in [-0.3, -0.25) is 4.79 Å². The van der Waals surface area contributed by atoms with Gasteiger partial charge in [0, 0.05) is 18.1 Å². The van der Waals surface area contributed by atoms with Crippen LogP contribution in [-0.2, 0) is 4.79 Å². The summed E-state index contributed by atoms with van der Waals surface area (Å²) < 4.78 is 1.89. The second-order valence-corrected chi connectivity index (χ2v) is 6.25. The van der Waals surface area contributed by atoms with E-state index in [1.165, 1.54) is 6.92 Å². The summed E-state index contributed by atoms with van der Waals surface area (Å²) in [5.41, 5.74) is 5.74. The Morgan fingerprint density at radius 3 is 2.07 bits per heavy atom. The monoisotopic (exact) mass is 353 g/mol. The summed E-state index contributed by atoms with van der Waals surface area (Å²) in [5, 5.41) is 7.57. The summed E-state index contributed by atoms with van der Waals surface area (Å²) in [6.45, 7) is 1.51. The zero-order valence-corrected chi connectivity index (χ0v) is 15.0. The van der Waals surface area contributed by atoms with Crippen LogP contribution in [0.15, 0.2) is 91.1 Å². The average molecular weight is 353 g/mol. The summed E-state index contributed by atoms with van der Waals surface area (Å²) in [5.74, 6) is -0.112. The normalized spacial score (nSPS) is 10.6. The van der Waals surface area contributed by atoms with Crippen molar-refractivity contribution in [1.29, 1.82) is 0 Å². The third kappa shape index (κ3) is 3.37. The van der Waals surface area contributed by atoms with Gasteiger partial charge >= 0.3 is 0 Å². The summed E-state index contributed by atoms with van der Waals surface area (Å²) in [4.78, 5) is 11.6. The quantitative estimate of drug-likeness (QED) is 0.550. The van der Waals surface area contributed by atoms with E-state index in [4.69, 9.17) is 0 Å². The zero-order valence-electron chi connectivity index (χ0n) is 15.0. The Hall–Kier alpha value is -3.66. The first-order chi connectivity index (χ1) is 13.2. The van der Waals surface area contributed by atoms with Gasteiger partial charge in [-0.05, 0) is 17.7 Å². The highest BCUT2D eigenvalue weighted by molar-refractivity contribution is 5.92. The lowest BCUT2D eigenvalue weighted by Gasteiger charge is -2.14. The molecule has 0 unspecified atom stereocenters. The number of hydrogen-bond donors (Lipinski definition) is 1. The highest BCUT2D eigenvalue weighted by Crippen LogP contribution is 2.35. The fraction of sp³-hybridized carbons (Fsp3) is 0.0435. The van der Waals surface area contributed by atoms with Crippen molar-refractivity contribution in [3.63, 3.8) is 0 Å². The Morgan fingerprint density at radius 2 is 1.41 bits per heavy atom. The molecule has 0 saturated heterocycles. The van der Waals surface area contributed by atoms with Crippen LogP contribution >= 0.6 is 0 Å². The van der Waals surface area contributed by atoms with E-state index >= 15 is 0 Å². The molecule has 0 atom stereocenters. The van der Waals surface area contributed by atoms with Crippen molar-refractivity contribution in [3.05, 3.63) is 91.1 Å². The van der Waals surface area contributed by atoms with Crippen molar-refractivity contribution in [2.75, 3.05) is 5.32 Å². The first-order valence-electron chi connectivity index (χ1n) is 8.80. The number of nitrogens with zero attached hydrogens (tertiary/aromatic N) is 2. The molecule has 4 heteroatoms. The first-order valence-corrected chi connectivity index (χ1v) is 8.80. The van der Waals surface area contributed by atoms with E-state index in [0.717, 1.165) is 33.8 Å². The Labute approximate surface area is 158 Å². The van der Waals surface area contributed by atoms with Crippen LogP contribution in [0.5, 0.6) is 0 Å². The van der Waals surface area contributed by atoms with Gasteiger partial charge in [-0.1, -0.05) is 72.8 Å². The van der Waals surface area contributed by atoms with E-state index in [1.807, 2.05) is 71.5 Å². The molecule has 0 bridgehead atoms. The van der Waals surface area contributed by atoms with Crippen molar-refractivity contribution in [1.82, 2.24) is 9.78 Å². The number of rotatable bonds is 4. The molecule has 0 spiro atoms. The minimum absolute atomic E-state index is 0.112. The van der Waals surface area contributed by atoms with E-state index in [-0.39, 0.29) is 5.91 Å². The van der Waals surface area contributed by atoms with Gasteiger partial charge in [0.1, 0.15) is 0 Å². The molecular weight excluding hydrogens is 334 g/mol. The van der Waals surface area contributed by atoms with Gasteiger partial charge in [0.05, 0.1) is 23.3 Å². The fourth-order valence-electron chi connectivity index (χ4n) is 3.19. The Bertz CT molecular complexity index is 1070. The molecule has 1 heterocycles. The van der Waals surface area contributed by atoms with Crippen LogP contribution in [0, 0.1) is 0 Å². The number of nitrogens with one attached hydrogen (secondary N) is 1. The maximum atomic E-state index is 11.6. The molecule has 3 aromatic carbocycles.